The van der Waals surface area contributed by atoms with Crippen molar-refractivity contribution in [2.75, 3.05) is 14.2 Å². The molecule has 3 rings (SSSR count). The first kappa shape index (κ1) is 14.8. The van der Waals surface area contributed by atoms with E-state index in [4.69, 9.17) is 13.9 Å². The lowest BCUT2D eigenvalue weighted by atomic mass is 10.2. The van der Waals surface area contributed by atoms with Crippen molar-refractivity contribution in [1.82, 2.24) is 4.98 Å². The SMILES string of the molecule is COc1cc2nc(-c3ccc(I)cc3)oc(=O)c2cc1OC. The van der Waals surface area contributed by atoms with Gasteiger partial charge in [0.2, 0.25) is 5.89 Å². The second kappa shape index (κ2) is 5.96. The third-order valence-electron chi connectivity index (χ3n) is 3.22. The number of ether oxygens (including phenoxy) is 2. The Morgan fingerprint density at radius 2 is 1.68 bits per heavy atom. The van der Waals surface area contributed by atoms with Gasteiger partial charge in [0.15, 0.2) is 11.5 Å². The van der Waals surface area contributed by atoms with Crippen LogP contribution in [0.25, 0.3) is 22.4 Å². The van der Waals surface area contributed by atoms with Gasteiger partial charge >= 0.3 is 5.63 Å². The van der Waals surface area contributed by atoms with E-state index in [0.717, 1.165) is 9.13 Å². The van der Waals surface area contributed by atoms with Gasteiger partial charge in [-0.2, -0.15) is 0 Å². The van der Waals surface area contributed by atoms with Crippen molar-refractivity contribution in [2.24, 2.45) is 0 Å². The van der Waals surface area contributed by atoms with Crippen molar-refractivity contribution < 1.29 is 13.9 Å². The standard InChI is InChI=1S/C16H12INO4/c1-20-13-7-11-12(8-14(13)21-2)18-15(22-16(11)19)9-3-5-10(17)6-4-9/h3-8H,1-2H3. The third kappa shape index (κ3) is 2.66. The van der Waals surface area contributed by atoms with Crippen LogP contribution in [0.5, 0.6) is 11.5 Å². The molecule has 5 nitrogen and oxygen atoms in total. The van der Waals surface area contributed by atoms with Gasteiger partial charge in [-0.3, -0.25) is 0 Å². The number of hydrogen-bond acceptors (Lipinski definition) is 5. The van der Waals surface area contributed by atoms with Gasteiger partial charge in [-0.1, -0.05) is 0 Å². The van der Waals surface area contributed by atoms with Crippen molar-refractivity contribution >= 4 is 33.5 Å². The van der Waals surface area contributed by atoms with E-state index in [0.29, 0.717) is 22.4 Å². The first-order chi connectivity index (χ1) is 10.6. The van der Waals surface area contributed by atoms with Crippen LogP contribution < -0.4 is 15.1 Å². The van der Waals surface area contributed by atoms with Gasteiger partial charge in [-0.25, -0.2) is 9.78 Å². The molecule has 0 N–H and O–H groups in total. The summed E-state index contributed by atoms with van der Waals surface area (Å²) in [5.74, 6) is 1.26. The molecule has 0 amide bonds. The maximum absolute atomic E-state index is 12.2. The molecule has 6 heteroatoms. The highest BCUT2D eigenvalue weighted by Gasteiger charge is 2.13. The van der Waals surface area contributed by atoms with Gasteiger partial charge in [0, 0.05) is 21.3 Å². The van der Waals surface area contributed by atoms with E-state index in [1.807, 2.05) is 24.3 Å². The molecule has 22 heavy (non-hydrogen) atoms. The van der Waals surface area contributed by atoms with E-state index in [-0.39, 0.29) is 5.89 Å². The van der Waals surface area contributed by atoms with Crippen molar-refractivity contribution in [3.8, 4) is 23.0 Å². The highest BCUT2D eigenvalue weighted by molar-refractivity contribution is 14.1. The Kier molecular flexibility index (Phi) is 4.02. The molecule has 0 spiro atoms. The third-order valence-corrected chi connectivity index (χ3v) is 3.94. The second-order valence-corrected chi connectivity index (χ2v) is 5.78. The minimum atomic E-state index is -0.459. The Morgan fingerprint density at radius 1 is 1.05 bits per heavy atom. The molecule has 0 saturated heterocycles. The van der Waals surface area contributed by atoms with Crippen molar-refractivity contribution in [1.29, 1.82) is 0 Å². The highest BCUT2D eigenvalue weighted by Crippen LogP contribution is 2.31. The molecule has 1 heterocycles. The van der Waals surface area contributed by atoms with Crippen LogP contribution in [0, 0.1) is 3.57 Å². The summed E-state index contributed by atoms with van der Waals surface area (Å²) in [4.78, 5) is 16.6. The molecule has 0 aliphatic heterocycles. The zero-order chi connectivity index (χ0) is 15.7. The van der Waals surface area contributed by atoms with E-state index in [9.17, 15) is 4.79 Å². The normalized spacial score (nSPS) is 10.7. The predicted molar refractivity (Wildman–Crippen MR) is 91.5 cm³/mol. The second-order valence-electron chi connectivity index (χ2n) is 4.54. The minimum Gasteiger partial charge on any atom is -0.493 e. The van der Waals surface area contributed by atoms with Crippen LogP contribution in [0.2, 0.25) is 0 Å². The van der Waals surface area contributed by atoms with Gasteiger partial charge in [0.25, 0.3) is 0 Å². The molecular weight excluding hydrogens is 397 g/mol. The zero-order valence-electron chi connectivity index (χ0n) is 11.9. The predicted octanol–water partition coefficient (Wildman–Crippen LogP) is 3.48. The van der Waals surface area contributed by atoms with E-state index < -0.39 is 5.63 Å². The largest absolute Gasteiger partial charge is 0.493 e. The van der Waals surface area contributed by atoms with Crippen LogP contribution >= 0.6 is 22.6 Å². The molecule has 0 radical (unpaired) electrons. The number of methoxy groups -OCH3 is 2. The molecule has 0 aliphatic carbocycles. The number of fused-ring (bicyclic) bond motifs is 1. The van der Waals surface area contributed by atoms with Crippen LogP contribution in [0.15, 0.2) is 45.6 Å². The average Bonchev–Trinajstić information content (AvgIpc) is 2.54. The lowest BCUT2D eigenvalue weighted by Gasteiger charge is -2.08. The fourth-order valence-corrected chi connectivity index (χ4v) is 2.47. The molecule has 0 unspecified atom stereocenters. The molecular formula is C16H12INO4. The monoisotopic (exact) mass is 409 g/mol. The Bertz CT molecular complexity index is 887. The van der Waals surface area contributed by atoms with Crippen LogP contribution in [0.1, 0.15) is 0 Å². The van der Waals surface area contributed by atoms with Gasteiger partial charge in [-0.15, -0.1) is 0 Å². The molecule has 2 aromatic carbocycles. The maximum atomic E-state index is 12.2. The topological polar surface area (TPSA) is 61.6 Å². The molecule has 1 aromatic heterocycles. The fraction of sp³-hybridized carbons (Fsp3) is 0.125. The van der Waals surface area contributed by atoms with E-state index in [1.165, 1.54) is 14.2 Å². The van der Waals surface area contributed by atoms with Crippen molar-refractivity contribution in [2.45, 2.75) is 0 Å². The summed E-state index contributed by atoms with van der Waals surface area (Å²) >= 11 is 2.21. The molecule has 0 bridgehead atoms. The highest BCUT2D eigenvalue weighted by atomic mass is 127. The summed E-state index contributed by atoms with van der Waals surface area (Å²) in [5, 5.41) is 0.354. The Morgan fingerprint density at radius 3 is 2.32 bits per heavy atom. The summed E-state index contributed by atoms with van der Waals surface area (Å²) < 4.78 is 16.9. The Labute approximate surface area is 140 Å². The van der Waals surface area contributed by atoms with Gasteiger partial charge in [-0.05, 0) is 46.9 Å². The molecule has 0 aliphatic rings. The molecule has 0 saturated carbocycles. The van der Waals surface area contributed by atoms with Gasteiger partial charge < -0.3 is 13.9 Å². The molecule has 112 valence electrons. The summed E-state index contributed by atoms with van der Waals surface area (Å²) in [5.41, 5.74) is 0.788. The lowest BCUT2D eigenvalue weighted by Crippen LogP contribution is -2.04. The Hall–Kier alpha value is -2.09. The smallest absolute Gasteiger partial charge is 0.347 e. The van der Waals surface area contributed by atoms with E-state index >= 15 is 0 Å². The van der Waals surface area contributed by atoms with Crippen LogP contribution in [0.3, 0.4) is 0 Å². The maximum Gasteiger partial charge on any atom is 0.347 e. The quantitative estimate of drug-likeness (QED) is 0.620. The molecule has 3 aromatic rings. The molecule has 0 atom stereocenters. The summed E-state index contributed by atoms with van der Waals surface area (Å²) in [6.45, 7) is 0. The van der Waals surface area contributed by atoms with Gasteiger partial charge in [0.05, 0.1) is 25.1 Å². The number of aromatic nitrogens is 1. The first-order valence-electron chi connectivity index (χ1n) is 6.45. The number of halogens is 1. The van der Waals surface area contributed by atoms with E-state index in [2.05, 4.69) is 27.6 Å². The van der Waals surface area contributed by atoms with Crippen LogP contribution in [-0.4, -0.2) is 19.2 Å². The van der Waals surface area contributed by atoms with E-state index in [1.54, 1.807) is 12.1 Å². The minimum absolute atomic E-state index is 0.279. The lowest BCUT2D eigenvalue weighted by molar-refractivity contribution is 0.355. The van der Waals surface area contributed by atoms with Crippen LogP contribution in [0.4, 0.5) is 0 Å². The fourth-order valence-electron chi connectivity index (χ4n) is 2.12. The number of benzene rings is 2. The van der Waals surface area contributed by atoms with Crippen molar-refractivity contribution in [3.05, 3.63) is 50.4 Å². The molecule has 0 fully saturated rings. The summed E-state index contributed by atoms with van der Waals surface area (Å²) in [6, 6.07) is 10.8. The summed E-state index contributed by atoms with van der Waals surface area (Å²) in [6.07, 6.45) is 0. The summed E-state index contributed by atoms with van der Waals surface area (Å²) in [7, 11) is 3.05. The van der Waals surface area contributed by atoms with Crippen molar-refractivity contribution in [3.63, 3.8) is 0 Å². The first-order valence-corrected chi connectivity index (χ1v) is 7.53. The average molecular weight is 409 g/mol. The zero-order valence-corrected chi connectivity index (χ0v) is 14.1. The Balaban J connectivity index is 2.23. The number of nitrogens with zero attached hydrogens (tertiary/aromatic N) is 1. The van der Waals surface area contributed by atoms with Gasteiger partial charge in [0.1, 0.15) is 0 Å². The van der Waals surface area contributed by atoms with Crippen LogP contribution in [-0.2, 0) is 0 Å². The number of rotatable bonds is 3. The number of hydrogen-bond donors (Lipinski definition) is 0.